The fourth-order valence-electron chi connectivity index (χ4n) is 2.88. The van der Waals surface area contributed by atoms with Crippen LogP contribution in [0.4, 0.5) is 0 Å². The SMILES string of the molecule is COc1cc(OCC(=O)NC(C)(C)C)c2cc(-c3cn4nc(OC)sc4n3)nn2c1. The molecule has 0 aliphatic rings. The average Bonchev–Trinajstić information content (AvgIpc) is 3.36. The van der Waals surface area contributed by atoms with E-state index in [-0.39, 0.29) is 18.1 Å². The Labute approximate surface area is 176 Å². The second-order valence-electron chi connectivity index (χ2n) is 7.62. The van der Waals surface area contributed by atoms with Crippen LogP contribution in [0.1, 0.15) is 20.8 Å². The molecule has 0 aromatic carbocycles. The van der Waals surface area contributed by atoms with E-state index in [1.807, 2.05) is 26.8 Å². The van der Waals surface area contributed by atoms with Crippen LogP contribution in [0, 0.1) is 0 Å². The van der Waals surface area contributed by atoms with Gasteiger partial charge in [-0.1, -0.05) is 0 Å². The number of rotatable bonds is 6. The zero-order chi connectivity index (χ0) is 21.5. The van der Waals surface area contributed by atoms with E-state index in [0.29, 0.717) is 38.6 Å². The summed E-state index contributed by atoms with van der Waals surface area (Å²) in [6.07, 6.45) is 3.52. The molecule has 0 radical (unpaired) electrons. The highest BCUT2D eigenvalue weighted by molar-refractivity contribution is 7.18. The number of hydrogen-bond donors (Lipinski definition) is 1. The van der Waals surface area contributed by atoms with Crippen molar-refractivity contribution in [1.29, 1.82) is 0 Å². The smallest absolute Gasteiger partial charge is 0.294 e. The number of methoxy groups -OCH3 is 2. The Morgan fingerprint density at radius 1 is 1.10 bits per heavy atom. The van der Waals surface area contributed by atoms with Gasteiger partial charge in [0.1, 0.15) is 28.4 Å². The molecular formula is C19H22N6O4S. The Kier molecular flexibility index (Phi) is 4.98. The van der Waals surface area contributed by atoms with E-state index in [1.54, 1.807) is 41.7 Å². The maximum atomic E-state index is 12.2. The lowest BCUT2D eigenvalue weighted by atomic mass is 10.1. The molecule has 0 aliphatic heterocycles. The lowest BCUT2D eigenvalue weighted by Gasteiger charge is -2.20. The number of carbonyl (C=O) groups is 1. The van der Waals surface area contributed by atoms with Crippen LogP contribution < -0.4 is 19.5 Å². The quantitative estimate of drug-likeness (QED) is 0.501. The first-order valence-corrected chi connectivity index (χ1v) is 9.99. The molecule has 0 fully saturated rings. The minimum absolute atomic E-state index is 0.121. The van der Waals surface area contributed by atoms with Crippen molar-refractivity contribution in [3.63, 3.8) is 0 Å². The third-order valence-electron chi connectivity index (χ3n) is 4.08. The van der Waals surface area contributed by atoms with E-state index in [9.17, 15) is 4.79 Å². The molecule has 1 amide bonds. The highest BCUT2D eigenvalue weighted by atomic mass is 32.1. The first kappa shape index (κ1) is 20.0. The second kappa shape index (κ2) is 7.48. The fourth-order valence-corrected chi connectivity index (χ4v) is 3.58. The number of fused-ring (bicyclic) bond motifs is 2. The maximum Gasteiger partial charge on any atom is 0.294 e. The Morgan fingerprint density at radius 3 is 2.57 bits per heavy atom. The molecule has 30 heavy (non-hydrogen) atoms. The van der Waals surface area contributed by atoms with Gasteiger partial charge in [0.05, 0.1) is 26.6 Å². The summed E-state index contributed by atoms with van der Waals surface area (Å²) in [6.45, 7) is 5.62. The number of nitrogens with zero attached hydrogens (tertiary/aromatic N) is 5. The highest BCUT2D eigenvalue weighted by Crippen LogP contribution is 2.30. The summed E-state index contributed by atoms with van der Waals surface area (Å²) in [6, 6.07) is 3.57. The number of pyridine rings is 1. The molecule has 10 nitrogen and oxygen atoms in total. The molecule has 0 unspecified atom stereocenters. The Hall–Kier alpha value is -3.34. The van der Waals surface area contributed by atoms with E-state index < -0.39 is 0 Å². The topological polar surface area (TPSA) is 104 Å². The van der Waals surface area contributed by atoms with Crippen molar-refractivity contribution in [2.75, 3.05) is 20.8 Å². The molecule has 0 atom stereocenters. The molecule has 158 valence electrons. The minimum atomic E-state index is -0.335. The van der Waals surface area contributed by atoms with Crippen LogP contribution in [0.3, 0.4) is 0 Å². The molecule has 0 spiro atoms. The van der Waals surface area contributed by atoms with Crippen LogP contribution in [-0.4, -0.2) is 56.5 Å². The number of nitrogens with one attached hydrogen (secondary N) is 1. The van der Waals surface area contributed by atoms with Gasteiger partial charge in [-0.2, -0.15) is 5.10 Å². The van der Waals surface area contributed by atoms with E-state index in [4.69, 9.17) is 14.2 Å². The summed E-state index contributed by atoms with van der Waals surface area (Å²) in [5.41, 5.74) is 1.66. The summed E-state index contributed by atoms with van der Waals surface area (Å²) in [5.74, 6) is 0.830. The molecule has 0 saturated heterocycles. The third kappa shape index (κ3) is 4.01. The van der Waals surface area contributed by atoms with E-state index >= 15 is 0 Å². The standard InChI is InChI=1S/C19H22N6O4S/c1-19(2,3)21-16(26)10-29-15-6-11(27-4)8-24-14(15)7-12(22-24)13-9-25-17(20-13)30-18(23-25)28-5/h6-9H,10H2,1-5H3,(H,21,26). The van der Waals surface area contributed by atoms with Gasteiger partial charge in [0.25, 0.3) is 11.1 Å². The number of amides is 1. The summed E-state index contributed by atoms with van der Waals surface area (Å²) in [4.78, 5) is 17.4. The van der Waals surface area contributed by atoms with Crippen molar-refractivity contribution < 1.29 is 19.0 Å². The molecule has 4 aromatic rings. The van der Waals surface area contributed by atoms with Crippen molar-refractivity contribution in [1.82, 2.24) is 29.5 Å². The first-order chi connectivity index (χ1) is 14.3. The van der Waals surface area contributed by atoms with Gasteiger partial charge >= 0.3 is 0 Å². The van der Waals surface area contributed by atoms with Gasteiger partial charge in [-0.3, -0.25) is 4.79 Å². The molecule has 0 aliphatic carbocycles. The number of ether oxygens (including phenoxy) is 3. The Bertz CT molecular complexity index is 1190. The molecule has 4 heterocycles. The molecular weight excluding hydrogens is 408 g/mol. The normalized spacial score (nSPS) is 11.8. The van der Waals surface area contributed by atoms with Gasteiger partial charge in [0, 0.05) is 11.6 Å². The zero-order valence-electron chi connectivity index (χ0n) is 17.3. The fraction of sp³-hybridized carbons (Fsp3) is 0.368. The predicted molar refractivity (Wildman–Crippen MR) is 112 cm³/mol. The summed E-state index contributed by atoms with van der Waals surface area (Å²) < 4.78 is 19.6. The zero-order valence-corrected chi connectivity index (χ0v) is 18.1. The van der Waals surface area contributed by atoms with Crippen molar-refractivity contribution in [3.8, 4) is 28.1 Å². The molecule has 4 rings (SSSR count). The highest BCUT2D eigenvalue weighted by Gasteiger charge is 2.18. The summed E-state index contributed by atoms with van der Waals surface area (Å²) in [7, 11) is 3.13. The van der Waals surface area contributed by atoms with Crippen LogP contribution >= 0.6 is 11.3 Å². The second-order valence-corrected chi connectivity index (χ2v) is 8.53. The van der Waals surface area contributed by atoms with Gasteiger partial charge in [0.15, 0.2) is 6.61 Å². The van der Waals surface area contributed by atoms with Crippen LogP contribution in [0.25, 0.3) is 21.9 Å². The maximum absolute atomic E-state index is 12.2. The molecule has 4 aromatic heterocycles. The van der Waals surface area contributed by atoms with Crippen molar-refractivity contribution in [2.24, 2.45) is 0 Å². The van der Waals surface area contributed by atoms with Crippen LogP contribution in [0.2, 0.25) is 0 Å². The van der Waals surface area contributed by atoms with Gasteiger partial charge in [-0.05, 0) is 38.2 Å². The van der Waals surface area contributed by atoms with Crippen LogP contribution in [0.5, 0.6) is 16.7 Å². The largest absolute Gasteiger partial charge is 0.495 e. The van der Waals surface area contributed by atoms with Crippen LogP contribution in [-0.2, 0) is 4.79 Å². The van der Waals surface area contributed by atoms with Gasteiger partial charge < -0.3 is 19.5 Å². The first-order valence-electron chi connectivity index (χ1n) is 9.17. The third-order valence-corrected chi connectivity index (χ3v) is 4.97. The van der Waals surface area contributed by atoms with Gasteiger partial charge in [-0.25, -0.2) is 14.0 Å². The molecule has 0 saturated carbocycles. The van der Waals surface area contributed by atoms with Gasteiger partial charge in [0.2, 0.25) is 4.96 Å². The number of aromatic nitrogens is 5. The lowest BCUT2D eigenvalue weighted by Crippen LogP contribution is -2.43. The van der Waals surface area contributed by atoms with Crippen molar-refractivity contribution in [2.45, 2.75) is 26.3 Å². The van der Waals surface area contributed by atoms with Crippen LogP contribution in [0.15, 0.2) is 24.5 Å². The molecule has 0 bridgehead atoms. The van der Waals surface area contributed by atoms with Crippen molar-refractivity contribution >= 4 is 27.7 Å². The Morgan fingerprint density at radius 2 is 1.90 bits per heavy atom. The monoisotopic (exact) mass is 430 g/mol. The van der Waals surface area contributed by atoms with Gasteiger partial charge in [-0.15, -0.1) is 5.10 Å². The van der Waals surface area contributed by atoms with E-state index in [0.717, 1.165) is 0 Å². The Balaban J connectivity index is 1.65. The number of hydrogen-bond acceptors (Lipinski definition) is 8. The van der Waals surface area contributed by atoms with E-state index in [1.165, 1.54) is 11.3 Å². The summed E-state index contributed by atoms with van der Waals surface area (Å²) >= 11 is 1.34. The van der Waals surface area contributed by atoms with E-state index in [2.05, 4.69) is 20.5 Å². The number of imidazole rings is 1. The predicted octanol–water partition coefficient (Wildman–Crippen LogP) is 2.42. The summed E-state index contributed by atoms with van der Waals surface area (Å²) in [5, 5.41) is 12.3. The molecule has 11 heteroatoms. The number of carbonyl (C=O) groups excluding carboxylic acids is 1. The minimum Gasteiger partial charge on any atom is -0.495 e. The average molecular weight is 430 g/mol. The lowest BCUT2D eigenvalue weighted by molar-refractivity contribution is -0.124. The molecule has 1 N–H and O–H groups in total. The van der Waals surface area contributed by atoms with Crippen molar-refractivity contribution in [3.05, 3.63) is 24.5 Å².